The molecule has 14 rings (SSSR count). The molecule has 0 bridgehead atoms. The molecule has 0 saturated heterocycles. The first-order valence-electron chi connectivity index (χ1n) is 26.5. The summed E-state index contributed by atoms with van der Waals surface area (Å²) in [6.07, 6.45) is 10.6. The van der Waals surface area contributed by atoms with Crippen molar-refractivity contribution in [2.75, 3.05) is 0 Å². The maximum atomic E-state index is 12.2. The second-order valence-electron chi connectivity index (χ2n) is 17.9. The van der Waals surface area contributed by atoms with Crippen LogP contribution in [0.1, 0.15) is 51.2 Å². The van der Waals surface area contributed by atoms with Gasteiger partial charge in [0.25, 0.3) is 0 Å². The van der Waals surface area contributed by atoms with Crippen LogP contribution in [0, 0.1) is 55.4 Å². The van der Waals surface area contributed by atoms with Crippen molar-refractivity contribution in [3.8, 4) is 56.9 Å². The Bertz CT molecular complexity index is 3590. The number of alkyl halides is 3. The largest absolute Gasteiger partial charge is 2.00 e. The van der Waals surface area contributed by atoms with Crippen molar-refractivity contribution in [2.24, 2.45) is 0 Å². The van der Waals surface area contributed by atoms with Gasteiger partial charge in [-0.15, -0.1) is 11.4 Å². The predicted molar refractivity (Wildman–Crippen MR) is 329 cm³/mol. The van der Waals surface area contributed by atoms with Crippen molar-refractivity contribution >= 4 is 18.8 Å². The molecule has 0 amide bonds. The zero-order valence-corrected chi connectivity index (χ0v) is 63.7. The number of halogens is 5. The van der Waals surface area contributed by atoms with E-state index in [1.807, 2.05) is 165 Å². The Morgan fingerprint density at radius 2 is 0.564 bits per heavy atom. The first kappa shape index (κ1) is 84.5. The van der Waals surface area contributed by atoms with Crippen molar-refractivity contribution in [1.82, 2.24) is 117 Å². The third kappa shape index (κ3) is 34.0. The Kier molecular flexibility index (Phi) is 43.3. The fourth-order valence-electron chi connectivity index (χ4n) is 6.60. The Hall–Kier alpha value is -7.55. The fraction of sp³-hybridized carbons (Fsp3) is 0.148. The normalized spacial score (nSPS) is 9.50. The molecular weight excluding hydrogens is 2160 g/mol. The van der Waals surface area contributed by atoms with Crippen molar-refractivity contribution in [2.45, 2.75) is 61.6 Å². The van der Waals surface area contributed by atoms with Crippen LogP contribution in [0.4, 0.5) is 13.2 Å². The molecule has 0 aliphatic rings. The van der Waals surface area contributed by atoms with Gasteiger partial charge < -0.3 is 91.8 Å². The maximum Gasteiger partial charge on any atom is 2.00 e. The number of pyridine rings is 5. The van der Waals surface area contributed by atoms with Crippen LogP contribution in [-0.2, 0) is 107 Å². The van der Waals surface area contributed by atoms with Gasteiger partial charge >= 0.3 is 126 Å². The zero-order valence-electron chi connectivity index (χ0n) is 50.8. The van der Waals surface area contributed by atoms with E-state index in [1.54, 1.807) is 79.9 Å². The smallest absolute Gasteiger partial charge is 0.582 e. The summed E-state index contributed by atoms with van der Waals surface area (Å²) in [6, 6.07) is 43.9. The van der Waals surface area contributed by atoms with Gasteiger partial charge in [0, 0.05) is 106 Å². The van der Waals surface area contributed by atoms with Crippen LogP contribution in [0.3, 0.4) is 0 Å². The number of aryl methyl sites for hydroxylation is 8. The number of hydrogen-bond donors (Lipinski definition) is 0. The van der Waals surface area contributed by atoms with Crippen LogP contribution in [0.15, 0.2) is 201 Å². The molecule has 0 aliphatic heterocycles. The van der Waals surface area contributed by atoms with Crippen LogP contribution in [0.5, 0.6) is 0 Å². The van der Waals surface area contributed by atoms with Gasteiger partial charge in [-0.05, 0) is 108 Å². The van der Waals surface area contributed by atoms with Gasteiger partial charge in [0.05, 0.1) is 0 Å². The third-order valence-corrected chi connectivity index (χ3v) is 10.4. The molecule has 14 heterocycles. The molecule has 0 aliphatic carbocycles. The monoisotopic (exact) mass is 2210 g/mol. The van der Waals surface area contributed by atoms with Crippen LogP contribution >= 0.6 is 18.8 Å². The van der Waals surface area contributed by atoms with Crippen LogP contribution < -0.4 is 45.9 Å². The summed E-state index contributed by atoms with van der Waals surface area (Å²) in [5.74, 6) is 0. The van der Waals surface area contributed by atoms with Gasteiger partial charge in [0.15, 0.2) is 0 Å². The molecule has 23 nitrogen and oxygen atoms in total. The van der Waals surface area contributed by atoms with E-state index in [0.29, 0.717) is 5.69 Å². The van der Waals surface area contributed by atoms with Crippen molar-refractivity contribution < 1.29 is 114 Å². The molecule has 0 radical (unpaired) electrons. The van der Waals surface area contributed by atoms with E-state index in [-0.39, 0.29) is 90.0 Å². The van der Waals surface area contributed by atoms with Gasteiger partial charge in [-0.3, -0.25) is 24.9 Å². The molecule has 0 atom stereocenters. The molecular formula is C61H57Cl2F3N23Pt5-. The average Bonchev–Trinajstić information content (AvgIpc) is 1.80. The predicted octanol–water partition coefficient (Wildman–Crippen LogP) is 10.5. The minimum absolute atomic E-state index is 0. The van der Waals surface area contributed by atoms with Crippen molar-refractivity contribution in [3.05, 3.63) is 253 Å². The SMILES string of the molecule is Cc1cc(-c2ccccn2)[n-]n1.Cc1cc(-c2ccccn2)[n-]n1.Cc1cc(-c2ccccn2)[n-]n1.Cc1cc(-c2ccccn2)[n-]n1.Cc1cc(C)[n-]n1.Cc1cc(C)[n-]n1.FC(F)(F)c1cc(-c2ccccn2)[n-]n1.[Cl][Pt][Cl].[Pt+2].[Pt+2].[Pt+2].[Pt+2].c1cn[n-]c1.c1cn[n-]c1. The number of hydrogen-bond acceptors (Lipinski definition) is 14. The summed E-state index contributed by atoms with van der Waals surface area (Å²) < 4.78 is 36.6. The maximum absolute atomic E-state index is 12.2. The van der Waals surface area contributed by atoms with E-state index in [2.05, 4.69) is 117 Å². The van der Waals surface area contributed by atoms with Crippen molar-refractivity contribution in [1.29, 1.82) is 0 Å². The quantitative estimate of drug-likeness (QED) is 0.155. The molecule has 94 heavy (non-hydrogen) atoms. The second-order valence-corrected chi connectivity index (χ2v) is 21.2. The Labute approximate surface area is 614 Å². The van der Waals surface area contributed by atoms with Crippen LogP contribution in [0.2, 0.25) is 0 Å². The first-order valence-corrected chi connectivity index (χ1v) is 32.1. The van der Waals surface area contributed by atoms with E-state index in [9.17, 15) is 13.2 Å². The van der Waals surface area contributed by atoms with E-state index < -0.39 is 28.4 Å². The topological polar surface area (TPSA) is 307 Å². The minimum Gasteiger partial charge on any atom is -0.582 e. The summed E-state index contributed by atoms with van der Waals surface area (Å²) in [4.78, 5) is 20.5. The molecule has 0 saturated carbocycles. The summed E-state index contributed by atoms with van der Waals surface area (Å²) >= 11 is -0.472. The number of aromatic nitrogens is 23. The van der Waals surface area contributed by atoms with Crippen LogP contribution in [-0.4, -0.2) is 70.8 Å². The average molecular weight is 2220 g/mol. The van der Waals surface area contributed by atoms with Crippen molar-refractivity contribution in [3.63, 3.8) is 0 Å². The summed E-state index contributed by atoms with van der Waals surface area (Å²) in [7, 11) is 9.75. The first-order chi connectivity index (χ1) is 43.5. The van der Waals surface area contributed by atoms with Gasteiger partial charge in [-0.25, -0.2) is 0 Å². The molecule has 502 valence electrons. The molecule has 0 unspecified atom stereocenters. The molecule has 0 aromatic carbocycles. The van der Waals surface area contributed by atoms with Gasteiger partial charge in [-0.2, -0.15) is 25.6 Å². The molecule has 0 fully saturated rings. The number of nitrogens with zero attached hydrogens (tertiary/aromatic N) is 23. The standard InChI is InChI=1S/C9H5F3N3.4C9H8N3.2C5H7N2.2C3H3N2.2ClH.5Pt/c10-9(11,12)8-5-7(14-15-8)6-3-1-2-4-13-6;4*1-7-6-9(12-11-7)8-4-2-3-5-10-8;2*1-4-3-5(2)7-6-4;2*1-2-4-5-3-1;;;;;;;/h1-5H;4*2-6H,1H3;2*3H,1-2H3;2*1-3H;2*1H;;;;;/q9*-1;;;5*+2/p-2. The number of rotatable bonds is 5. The molecule has 14 aromatic rings. The van der Waals surface area contributed by atoms with E-state index >= 15 is 0 Å². The Morgan fingerprint density at radius 1 is 0.319 bits per heavy atom. The third-order valence-electron chi connectivity index (χ3n) is 10.4. The molecule has 0 N–H and O–H groups in total. The summed E-state index contributed by atoms with van der Waals surface area (Å²) in [6.45, 7) is 15.4. The van der Waals surface area contributed by atoms with E-state index in [1.165, 1.54) is 6.20 Å². The molecule has 33 heteroatoms. The van der Waals surface area contributed by atoms with E-state index in [0.717, 1.165) is 97.2 Å². The summed E-state index contributed by atoms with van der Waals surface area (Å²) in [5, 5.41) is 66.9. The Balaban J connectivity index is 0.000000532. The van der Waals surface area contributed by atoms with Gasteiger partial charge in [-0.1, -0.05) is 121 Å². The molecule has 0 spiro atoms. The molecule has 14 aromatic heterocycles. The van der Waals surface area contributed by atoms with Gasteiger partial charge in [0.1, 0.15) is 5.69 Å². The zero-order chi connectivity index (χ0) is 64.8. The fourth-order valence-corrected chi connectivity index (χ4v) is 6.60. The minimum atomic E-state index is -4.46. The Morgan fingerprint density at radius 3 is 0.702 bits per heavy atom. The van der Waals surface area contributed by atoms with Crippen LogP contribution in [0.25, 0.3) is 56.9 Å². The van der Waals surface area contributed by atoms with Gasteiger partial charge in [0.2, 0.25) is 0 Å². The second kappa shape index (κ2) is 48.2. The summed E-state index contributed by atoms with van der Waals surface area (Å²) in [5.41, 5.74) is 14.1. The van der Waals surface area contributed by atoms with E-state index in [4.69, 9.17) is 18.8 Å².